The average Bonchev–Trinajstić information content (AvgIpc) is 3.16. The Labute approximate surface area is 127 Å². The Balaban J connectivity index is 1.85. The van der Waals surface area contributed by atoms with E-state index < -0.39 is 0 Å². The molecule has 1 N–H and O–H groups in total. The van der Waals surface area contributed by atoms with Crippen LogP contribution in [0.4, 0.5) is 5.69 Å². The summed E-state index contributed by atoms with van der Waals surface area (Å²) in [7, 11) is 1.89. The molecule has 0 atom stereocenters. The molecule has 7 nitrogen and oxygen atoms in total. The van der Waals surface area contributed by atoms with Crippen LogP contribution in [0.3, 0.4) is 0 Å². The third kappa shape index (κ3) is 2.42. The predicted octanol–water partition coefficient (Wildman–Crippen LogP) is 1.79. The molecule has 3 rings (SSSR count). The molecule has 0 aromatic carbocycles. The molecule has 7 heteroatoms. The van der Waals surface area contributed by atoms with Crippen molar-refractivity contribution in [2.24, 2.45) is 7.05 Å². The first-order valence-corrected chi connectivity index (χ1v) is 6.80. The third-order valence-corrected chi connectivity index (χ3v) is 3.65. The highest BCUT2D eigenvalue weighted by atomic mass is 15.3. The van der Waals surface area contributed by atoms with Crippen LogP contribution < -0.4 is 5.32 Å². The van der Waals surface area contributed by atoms with Gasteiger partial charge >= 0.3 is 0 Å². The van der Waals surface area contributed by atoms with Gasteiger partial charge in [0.1, 0.15) is 24.4 Å². The number of pyridine rings is 1. The fraction of sp³-hybridized carbons (Fsp3) is 0.200. The van der Waals surface area contributed by atoms with Gasteiger partial charge in [-0.1, -0.05) is 0 Å². The van der Waals surface area contributed by atoms with Crippen LogP contribution in [-0.4, -0.2) is 24.3 Å². The van der Waals surface area contributed by atoms with Crippen LogP contribution in [0.1, 0.15) is 17.0 Å². The number of nitrogens with zero attached hydrogens (tertiary/aromatic N) is 6. The topological polar surface area (TPSA) is 84.3 Å². The number of nitrogens with one attached hydrogen (secondary N) is 1. The van der Waals surface area contributed by atoms with Gasteiger partial charge in [0.2, 0.25) is 0 Å². The molecule has 0 unspecified atom stereocenters. The van der Waals surface area contributed by atoms with E-state index in [9.17, 15) is 0 Å². The van der Waals surface area contributed by atoms with E-state index in [4.69, 9.17) is 5.26 Å². The zero-order chi connectivity index (χ0) is 15.5. The molecule has 0 radical (unpaired) electrons. The lowest BCUT2D eigenvalue weighted by Gasteiger charge is -2.10. The number of hydrogen-bond donors (Lipinski definition) is 1. The summed E-state index contributed by atoms with van der Waals surface area (Å²) in [5, 5.41) is 16.5. The minimum absolute atomic E-state index is 0.606. The normalized spacial score (nSPS) is 10.4. The Morgan fingerprint density at radius 3 is 2.95 bits per heavy atom. The standard InChI is InChI=1S/C15H15N7/c1-11-12(6-13(7-16)21(11)2)8-19-14-4-3-5-18-15(14)22-10-17-9-20-22/h3-6,9-10,19H,8H2,1-2H3. The summed E-state index contributed by atoms with van der Waals surface area (Å²) in [5.74, 6) is 0.689. The first-order chi connectivity index (χ1) is 10.7. The highest BCUT2D eigenvalue weighted by molar-refractivity contribution is 5.56. The molecule has 0 aliphatic heterocycles. The van der Waals surface area contributed by atoms with Crippen LogP contribution in [0.2, 0.25) is 0 Å². The van der Waals surface area contributed by atoms with Gasteiger partial charge in [-0.3, -0.25) is 0 Å². The van der Waals surface area contributed by atoms with Crippen molar-refractivity contribution in [3.8, 4) is 11.9 Å². The maximum atomic E-state index is 9.09. The van der Waals surface area contributed by atoms with Crippen molar-refractivity contribution >= 4 is 5.69 Å². The summed E-state index contributed by atoms with van der Waals surface area (Å²) in [4.78, 5) is 8.28. The third-order valence-electron chi connectivity index (χ3n) is 3.65. The first-order valence-electron chi connectivity index (χ1n) is 6.80. The number of nitriles is 1. The number of anilines is 1. The minimum atomic E-state index is 0.606. The van der Waals surface area contributed by atoms with Crippen molar-refractivity contribution in [2.75, 3.05) is 5.32 Å². The van der Waals surface area contributed by atoms with Crippen LogP contribution in [0.15, 0.2) is 37.1 Å². The van der Waals surface area contributed by atoms with Crippen LogP contribution in [0.25, 0.3) is 5.82 Å². The van der Waals surface area contributed by atoms with Gasteiger partial charge in [0.05, 0.1) is 5.69 Å². The summed E-state index contributed by atoms with van der Waals surface area (Å²) < 4.78 is 3.50. The minimum Gasteiger partial charge on any atom is -0.378 e. The second-order valence-electron chi connectivity index (χ2n) is 4.88. The zero-order valence-corrected chi connectivity index (χ0v) is 12.4. The molecule has 110 valence electrons. The van der Waals surface area contributed by atoms with E-state index in [0.29, 0.717) is 18.1 Å². The lowest BCUT2D eigenvalue weighted by molar-refractivity contribution is 0.842. The molecule has 22 heavy (non-hydrogen) atoms. The van der Waals surface area contributed by atoms with E-state index in [1.807, 2.05) is 36.7 Å². The number of hydrogen-bond acceptors (Lipinski definition) is 5. The van der Waals surface area contributed by atoms with Crippen molar-refractivity contribution in [3.05, 3.63) is 54.0 Å². The van der Waals surface area contributed by atoms with Gasteiger partial charge in [-0.25, -0.2) is 14.6 Å². The molecule has 3 aromatic heterocycles. The van der Waals surface area contributed by atoms with Gasteiger partial charge in [0, 0.05) is 25.5 Å². The number of aromatic nitrogens is 5. The quantitative estimate of drug-likeness (QED) is 0.792. The van der Waals surface area contributed by atoms with Crippen molar-refractivity contribution in [2.45, 2.75) is 13.5 Å². The van der Waals surface area contributed by atoms with Crippen molar-refractivity contribution in [3.63, 3.8) is 0 Å². The van der Waals surface area contributed by atoms with Crippen molar-refractivity contribution < 1.29 is 0 Å². The van der Waals surface area contributed by atoms with Gasteiger partial charge in [-0.2, -0.15) is 10.4 Å². The lowest BCUT2D eigenvalue weighted by Crippen LogP contribution is -2.07. The van der Waals surface area contributed by atoms with Gasteiger partial charge in [0.15, 0.2) is 5.82 Å². The fourth-order valence-corrected chi connectivity index (χ4v) is 2.27. The molecule has 0 aliphatic carbocycles. The molecule has 0 bridgehead atoms. The van der Waals surface area contributed by atoms with Gasteiger partial charge in [0.25, 0.3) is 0 Å². The highest BCUT2D eigenvalue weighted by Gasteiger charge is 2.10. The van der Waals surface area contributed by atoms with Crippen LogP contribution >= 0.6 is 0 Å². The first kappa shape index (κ1) is 13.8. The average molecular weight is 293 g/mol. The molecule has 3 heterocycles. The molecular formula is C15H15N7. The van der Waals surface area contributed by atoms with E-state index in [1.54, 1.807) is 17.2 Å². The zero-order valence-electron chi connectivity index (χ0n) is 12.4. The molecule has 0 aliphatic rings. The highest BCUT2D eigenvalue weighted by Crippen LogP contribution is 2.19. The second-order valence-corrected chi connectivity index (χ2v) is 4.88. The van der Waals surface area contributed by atoms with Crippen molar-refractivity contribution in [1.82, 2.24) is 24.3 Å². The molecule has 0 saturated carbocycles. The molecular weight excluding hydrogens is 278 g/mol. The smallest absolute Gasteiger partial charge is 0.178 e. The molecule has 3 aromatic rings. The van der Waals surface area contributed by atoms with E-state index in [-0.39, 0.29) is 0 Å². The Bertz CT molecular complexity index is 824. The Hall–Kier alpha value is -3.14. The van der Waals surface area contributed by atoms with Crippen LogP contribution in [0, 0.1) is 18.3 Å². The largest absolute Gasteiger partial charge is 0.378 e. The molecule has 0 fully saturated rings. The Kier molecular flexibility index (Phi) is 3.58. The van der Waals surface area contributed by atoms with E-state index in [0.717, 1.165) is 16.9 Å². The van der Waals surface area contributed by atoms with Crippen LogP contribution in [-0.2, 0) is 13.6 Å². The van der Waals surface area contributed by atoms with Gasteiger partial charge in [-0.15, -0.1) is 0 Å². The molecule has 0 spiro atoms. The SMILES string of the molecule is Cc1c(CNc2cccnc2-n2cncn2)cc(C#N)n1C. The summed E-state index contributed by atoms with van der Waals surface area (Å²) in [5.41, 5.74) is 3.65. The van der Waals surface area contributed by atoms with Gasteiger partial charge in [-0.05, 0) is 30.7 Å². The monoisotopic (exact) mass is 293 g/mol. The van der Waals surface area contributed by atoms with E-state index >= 15 is 0 Å². The van der Waals surface area contributed by atoms with Crippen LogP contribution in [0.5, 0.6) is 0 Å². The second kappa shape index (κ2) is 5.69. The fourth-order valence-electron chi connectivity index (χ4n) is 2.27. The maximum Gasteiger partial charge on any atom is 0.178 e. The predicted molar refractivity (Wildman–Crippen MR) is 81.3 cm³/mol. The van der Waals surface area contributed by atoms with Gasteiger partial charge < -0.3 is 9.88 Å². The molecule has 0 saturated heterocycles. The summed E-state index contributed by atoms with van der Waals surface area (Å²) in [6, 6.07) is 7.89. The van der Waals surface area contributed by atoms with Crippen molar-refractivity contribution in [1.29, 1.82) is 5.26 Å². The Morgan fingerprint density at radius 1 is 1.41 bits per heavy atom. The van der Waals surface area contributed by atoms with E-state index in [2.05, 4.69) is 26.5 Å². The summed E-state index contributed by atoms with van der Waals surface area (Å²) in [6.07, 6.45) is 4.79. The number of rotatable bonds is 4. The Morgan fingerprint density at radius 2 is 2.27 bits per heavy atom. The summed E-state index contributed by atoms with van der Waals surface area (Å²) >= 11 is 0. The molecule has 0 amide bonds. The van der Waals surface area contributed by atoms with E-state index in [1.165, 1.54) is 6.33 Å². The maximum absolute atomic E-state index is 9.09. The lowest BCUT2D eigenvalue weighted by atomic mass is 10.2. The summed E-state index contributed by atoms with van der Waals surface area (Å²) in [6.45, 7) is 2.61.